The van der Waals surface area contributed by atoms with Crippen LogP contribution in [-0.4, -0.2) is 42.7 Å². The summed E-state index contributed by atoms with van der Waals surface area (Å²) in [6.45, 7) is 0.166. The molecule has 8 nitrogen and oxygen atoms in total. The van der Waals surface area contributed by atoms with Crippen LogP contribution < -0.4 is 16.0 Å². The van der Waals surface area contributed by atoms with E-state index in [0.29, 0.717) is 10.9 Å². The molecule has 0 saturated carbocycles. The summed E-state index contributed by atoms with van der Waals surface area (Å²) in [5.74, 6) is 1.38. The molecule has 0 spiro atoms. The smallest absolute Gasteiger partial charge is 0.329 e. The van der Waals surface area contributed by atoms with Gasteiger partial charge in [-0.3, -0.25) is 14.3 Å². The van der Waals surface area contributed by atoms with E-state index in [4.69, 9.17) is 4.74 Å². The van der Waals surface area contributed by atoms with Crippen LogP contribution in [0.3, 0.4) is 0 Å². The second-order valence-corrected chi connectivity index (χ2v) is 8.42. The minimum absolute atomic E-state index is 0.0570. The topological polar surface area (TPSA) is 102 Å². The molecule has 4 aromatic rings. The summed E-state index contributed by atoms with van der Waals surface area (Å²) in [5.41, 5.74) is 0.692. The molecule has 0 amide bonds. The minimum Gasteiger partial charge on any atom is -0.491 e. The van der Waals surface area contributed by atoms with Crippen molar-refractivity contribution in [2.45, 2.75) is 24.2 Å². The predicted octanol–water partition coefficient (Wildman–Crippen LogP) is 2.20. The molecule has 32 heavy (non-hydrogen) atoms. The van der Waals surface area contributed by atoms with Crippen LogP contribution in [-0.2, 0) is 20.0 Å². The van der Waals surface area contributed by atoms with Crippen molar-refractivity contribution in [3.05, 3.63) is 87.1 Å². The summed E-state index contributed by atoms with van der Waals surface area (Å²) >= 11 is 1.48. The number of aromatic nitrogens is 4. The molecular weight excluding hydrogens is 428 g/mol. The number of hydrogen-bond donors (Lipinski definition) is 2. The molecule has 2 aromatic heterocycles. The first-order valence-corrected chi connectivity index (χ1v) is 11.2. The van der Waals surface area contributed by atoms with Gasteiger partial charge in [0.2, 0.25) is 0 Å². The lowest BCUT2D eigenvalue weighted by atomic mass is 10.2. The molecule has 0 unspecified atom stereocenters. The fourth-order valence-corrected chi connectivity index (χ4v) is 4.36. The first kappa shape index (κ1) is 21.9. The van der Waals surface area contributed by atoms with Gasteiger partial charge in [0.1, 0.15) is 18.5 Å². The molecule has 1 atom stereocenters. The molecule has 0 aliphatic rings. The molecule has 4 rings (SSSR count). The number of aliphatic hydroxyl groups is 1. The third-order valence-electron chi connectivity index (χ3n) is 5.02. The zero-order valence-electron chi connectivity index (χ0n) is 17.6. The third-order valence-corrected chi connectivity index (χ3v) is 5.99. The molecule has 0 radical (unpaired) electrons. The Kier molecular flexibility index (Phi) is 6.77. The van der Waals surface area contributed by atoms with Crippen molar-refractivity contribution >= 4 is 22.9 Å². The maximum Gasteiger partial charge on any atom is 0.329 e. The van der Waals surface area contributed by atoms with Gasteiger partial charge in [-0.15, -0.1) is 0 Å². The Morgan fingerprint density at radius 3 is 2.50 bits per heavy atom. The Morgan fingerprint density at radius 1 is 1.09 bits per heavy atom. The van der Waals surface area contributed by atoms with Crippen LogP contribution in [0.1, 0.15) is 5.56 Å². The number of thioether (sulfide) groups is 1. The second kappa shape index (κ2) is 9.88. The largest absolute Gasteiger partial charge is 0.491 e. The minimum atomic E-state index is -0.877. The van der Waals surface area contributed by atoms with Crippen LogP contribution in [0.15, 0.2) is 75.4 Å². The van der Waals surface area contributed by atoms with E-state index in [0.717, 1.165) is 12.2 Å². The van der Waals surface area contributed by atoms with Crippen molar-refractivity contribution in [1.29, 1.82) is 0 Å². The van der Waals surface area contributed by atoms with Crippen molar-refractivity contribution in [2.24, 2.45) is 7.05 Å². The summed E-state index contributed by atoms with van der Waals surface area (Å²) < 4.78 is 8.62. The number of imidazole rings is 1. The molecule has 0 fully saturated rings. The number of fused-ring (bicyclic) bond motifs is 1. The van der Waals surface area contributed by atoms with Crippen molar-refractivity contribution in [3.63, 3.8) is 0 Å². The van der Waals surface area contributed by atoms with E-state index in [1.165, 1.54) is 21.9 Å². The molecule has 9 heteroatoms. The Labute approximate surface area is 188 Å². The van der Waals surface area contributed by atoms with E-state index >= 15 is 0 Å². The first-order chi connectivity index (χ1) is 15.5. The SMILES string of the molecule is Cn1c(=O)[nH]c(=O)c2c1nc(SCCc1ccccc1)n2C[C@@H](O)COc1ccccc1. The molecule has 166 valence electrons. The van der Waals surface area contributed by atoms with Crippen molar-refractivity contribution in [1.82, 2.24) is 19.1 Å². The number of hydrogen-bond acceptors (Lipinski definition) is 6. The molecule has 2 aromatic carbocycles. The van der Waals surface area contributed by atoms with Crippen molar-refractivity contribution in [2.75, 3.05) is 12.4 Å². The number of ether oxygens (including phenoxy) is 1. The average Bonchev–Trinajstić information content (AvgIpc) is 3.16. The van der Waals surface area contributed by atoms with E-state index in [1.807, 2.05) is 48.5 Å². The van der Waals surface area contributed by atoms with Crippen LogP contribution in [0.4, 0.5) is 0 Å². The van der Waals surface area contributed by atoms with Gasteiger partial charge in [0.15, 0.2) is 16.3 Å². The normalized spacial score (nSPS) is 12.2. The van der Waals surface area contributed by atoms with Crippen LogP contribution in [0.2, 0.25) is 0 Å². The molecule has 0 bridgehead atoms. The molecule has 0 saturated heterocycles. The highest BCUT2D eigenvalue weighted by molar-refractivity contribution is 7.99. The lowest BCUT2D eigenvalue weighted by molar-refractivity contribution is 0.0914. The Morgan fingerprint density at radius 2 is 1.78 bits per heavy atom. The van der Waals surface area contributed by atoms with Gasteiger partial charge in [-0.25, -0.2) is 9.78 Å². The first-order valence-electron chi connectivity index (χ1n) is 10.2. The number of H-pyrrole nitrogens is 1. The predicted molar refractivity (Wildman–Crippen MR) is 124 cm³/mol. The maximum atomic E-state index is 12.6. The van der Waals surface area contributed by atoms with E-state index < -0.39 is 17.4 Å². The summed E-state index contributed by atoms with van der Waals surface area (Å²) in [7, 11) is 1.56. The molecule has 2 heterocycles. The van der Waals surface area contributed by atoms with Gasteiger partial charge in [0, 0.05) is 12.8 Å². The second-order valence-electron chi connectivity index (χ2n) is 7.36. The Hall–Kier alpha value is -3.30. The van der Waals surface area contributed by atoms with E-state index in [2.05, 4.69) is 22.1 Å². The van der Waals surface area contributed by atoms with E-state index in [1.54, 1.807) is 11.6 Å². The standard InChI is InChI=1S/C23H24N4O4S/c1-26-20-19(21(29)25-22(26)30)27(14-17(28)15-31-18-10-6-3-7-11-18)23(24-20)32-13-12-16-8-4-2-5-9-16/h2-11,17,28H,12-15H2,1H3,(H,25,29,30)/t17-/m1/s1. The number of aryl methyl sites for hydroxylation is 2. The van der Waals surface area contributed by atoms with E-state index in [-0.39, 0.29) is 24.3 Å². The maximum absolute atomic E-state index is 12.6. The molecular formula is C23H24N4O4S. The van der Waals surface area contributed by atoms with Crippen molar-refractivity contribution in [3.8, 4) is 5.75 Å². The fraction of sp³-hybridized carbons (Fsp3) is 0.261. The molecule has 2 N–H and O–H groups in total. The van der Waals surface area contributed by atoms with Gasteiger partial charge >= 0.3 is 5.69 Å². The number of rotatable bonds is 9. The number of benzene rings is 2. The van der Waals surface area contributed by atoms with E-state index in [9.17, 15) is 14.7 Å². The number of nitrogens with one attached hydrogen (secondary N) is 1. The molecule has 0 aliphatic heterocycles. The highest BCUT2D eigenvalue weighted by Gasteiger charge is 2.20. The van der Waals surface area contributed by atoms with Gasteiger partial charge in [0.05, 0.1) is 6.54 Å². The summed E-state index contributed by atoms with van der Waals surface area (Å²) in [4.78, 5) is 31.5. The number of nitrogens with zero attached hydrogens (tertiary/aromatic N) is 3. The van der Waals surface area contributed by atoms with Gasteiger partial charge in [-0.05, 0) is 24.1 Å². The Balaban J connectivity index is 1.58. The zero-order valence-corrected chi connectivity index (χ0v) is 18.4. The lowest BCUT2D eigenvalue weighted by Crippen LogP contribution is -2.30. The van der Waals surface area contributed by atoms with Gasteiger partial charge in [-0.2, -0.15) is 0 Å². The average molecular weight is 453 g/mol. The monoisotopic (exact) mass is 452 g/mol. The van der Waals surface area contributed by atoms with Gasteiger partial charge in [-0.1, -0.05) is 60.3 Å². The molecule has 0 aliphatic carbocycles. The van der Waals surface area contributed by atoms with Crippen LogP contribution >= 0.6 is 11.8 Å². The zero-order chi connectivity index (χ0) is 22.5. The van der Waals surface area contributed by atoms with Crippen LogP contribution in [0.25, 0.3) is 11.2 Å². The summed E-state index contributed by atoms with van der Waals surface area (Å²) in [5, 5.41) is 11.2. The highest BCUT2D eigenvalue weighted by atomic mass is 32.2. The third kappa shape index (κ3) is 4.95. The van der Waals surface area contributed by atoms with Crippen LogP contribution in [0.5, 0.6) is 5.75 Å². The summed E-state index contributed by atoms with van der Waals surface area (Å²) in [6, 6.07) is 19.3. The lowest BCUT2D eigenvalue weighted by Gasteiger charge is -2.15. The quantitative estimate of drug-likeness (QED) is 0.378. The van der Waals surface area contributed by atoms with Gasteiger partial charge < -0.3 is 14.4 Å². The fourth-order valence-electron chi connectivity index (χ4n) is 3.37. The van der Waals surface area contributed by atoms with Gasteiger partial charge in [0.25, 0.3) is 5.56 Å². The van der Waals surface area contributed by atoms with Crippen LogP contribution in [0, 0.1) is 0 Å². The number of aliphatic hydroxyl groups excluding tert-OH is 1. The Bertz CT molecular complexity index is 1300. The number of aromatic amines is 1. The summed E-state index contributed by atoms with van der Waals surface area (Å²) in [6.07, 6.45) is -0.0540. The van der Waals surface area contributed by atoms with Crippen molar-refractivity contribution < 1.29 is 9.84 Å². The highest BCUT2D eigenvalue weighted by Crippen LogP contribution is 2.23. The number of para-hydroxylation sites is 1.